The molecule has 0 unspecified atom stereocenters. The number of aliphatic hydroxyl groups excluding tert-OH is 6. The van der Waals surface area contributed by atoms with Gasteiger partial charge >= 0.3 is 17.9 Å². The summed E-state index contributed by atoms with van der Waals surface area (Å²) in [5.41, 5.74) is 0. The smallest absolute Gasteiger partial charge is 0.306 e. The van der Waals surface area contributed by atoms with Crippen molar-refractivity contribution in [3.8, 4) is 0 Å². The third kappa shape index (κ3) is 37.0. The molecule has 2 saturated heterocycles. The zero-order valence-corrected chi connectivity index (χ0v) is 51.3. The van der Waals surface area contributed by atoms with Gasteiger partial charge in [0.25, 0.3) is 0 Å². The zero-order chi connectivity index (χ0) is 59.0. The third-order valence-electron chi connectivity index (χ3n) is 16.0. The molecule has 6 N–H and O–H groups in total. The number of esters is 3. The lowest BCUT2D eigenvalue weighted by Gasteiger charge is -2.43. The van der Waals surface area contributed by atoms with Crippen LogP contribution in [-0.2, 0) is 47.5 Å². The molecule has 2 fully saturated rings. The average molecular weight is 1160 g/mol. The molecule has 0 amide bonds. The van der Waals surface area contributed by atoms with Gasteiger partial charge in [0.15, 0.2) is 24.8 Å². The predicted octanol–water partition coefficient (Wildman–Crippen LogP) is 12.6. The summed E-state index contributed by atoms with van der Waals surface area (Å²) in [5, 5.41) is 65.0. The van der Waals surface area contributed by atoms with Crippen LogP contribution >= 0.6 is 0 Å². The van der Waals surface area contributed by atoms with Crippen LogP contribution in [0.3, 0.4) is 0 Å². The lowest BCUT2D eigenvalue weighted by Crippen LogP contribution is -2.62. The molecule has 476 valence electrons. The minimum absolute atomic E-state index is 0.0769. The molecule has 16 nitrogen and oxygen atoms in total. The molecule has 0 spiro atoms. The lowest BCUT2D eigenvalue weighted by molar-refractivity contribution is -0.333. The van der Waals surface area contributed by atoms with Crippen molar-refractivity contribution in [2.75, 3.05) is 26.4 Å². The molecule has 0 aromatic rings. The summed E-state index contributed by atoms with van der Waals surface area (Å²) in [6.07, 6.45) is 32.9. The SMILES string of the molecule is CCCCCCCC/C=C\CCCCCCCC(=O)OC[C@H](CO[C@@H]1O[C@H](CO[C@H]2O[C@H](CO)[C@H](O)[C@H](OC(=O)CCCCCCCCCCCCCCC)[C@H]2O)[C@H](O)[C@H](O)[C@H]1O)OC(=O)CCCCCCCCCCCCCCC. The Morgan fingerprint density at radius 1 is 0.407 bits per heavy atom. The van der Waals surface area contributed by atoms with Crippen molar-refractivity contribution in [1.29, 1.82) is 0 Å². The maximum absolute atomic E-state index is 13.2. The number of aliphatic hydroxyl groups is 6. The summed E-state index contributed by atoms with van der Waals surface area (Å²) in [7, 11) is 0. The van der Waals surface area contributed by atoms with Gasteiger partial charge in [0.05, 0.1) is 19.8 Å². The normalized spacial score (nSPS) is 23.5. The fourth-order valence-corrected chi connectivity index (χ4v) is 10.7. The van der Waals surface area contributed by atoms with Gasteiger partial charge in [0, 0.05) is 19.3 Å². The number of rotatable bonds is 54. The second-order valence-electron chi connectivity index (χ2n) is 23.5. The molecule has 2 aliphatic rings. The van der Waals surface area contributed by atoms with E-state index < -0.39 is 105 Å². The molecule has 0 radical (unpaired) electrons. The Bertz CT molecular complexity index is 1520. The third-order valence-corrected chi connectivity index (χ3v) is 16.0. The van der Waals surface area contributed by atoms with E-state index in [9.17, 15) is 45.0 Å². The minimum Gasteiger partial charge on any atom is -0.462 e. The van der Waals surface area contributed by atoms with Crippen LogP contribution in [0.5, 0.6) is 0 Å². The van der Waals surface area contributed by atoms with Crippen molar-refractivity contribution >= 4 is 17.9 Å². The number of unbranched alkanes of at least 4 members (excludes halogenated alkanes) is 35. The number of carbonyl (C=O) groups excluding carboxylic acids is 3. The number of hydrogen-bond acceptors (Lipinski definition) is 16. The molecule has 0 aliphatic carbocycles. The monoisotopic (exact) mass is 1160 g/mol. The topological polar surface area (TPSA) is 237 Å². The van der Waals surface area contributed by atoms with E-state index in [1.165, 1.54) is 148 Å². The Labute approximate surface area is 490 Å². The summed E-state index contributed by atoms with van der Waals surface area (Å²) >= 11 is 0. The second kappa shape index (κ2) is 51.0. The first-order valence-electron chi connectivity index (χ1n) is 33.2. The molecule has 0 saturated carbocycles. The summed E-state index contributed by atoms with van der Waals surface area (Å²) < 4.78 is 40.1. The van der Waals surface area contributed by atoms with Gasteiger partial charge in [-0.1, -0.05) is 238 Å². The van der Waals surface area contributed by atoms with Gasteiger partial charge in [0.2, 0.25) is 0 Å². The second-order valence-corrected chi connectivity index (χ2v) is 23.5. The van der Waals surface area contributed by atoms with E-state index in [0.29, 0.717) is 19.3 Å². The minimum atomic E-state index is -1.79. The van der Waals surface area contributed by atoms with Crippen LogP contribution in [0, 0.1) is 0 Å². The number of ether oxygens (including phenoxy) is 7. The van der Waals surface area contributed by atoms with Gasteiger partial charge in [-0.3, -0.25) is 14.4 Å². The molecule has 81 heavy (non-hydrogen) atoms. The Hall–Kier alpha value is -2.25. The van der Waals surface area contributed by atoms with Crippen molar-refractivity contribution in [2.45, 2.75) is 358 Å². The van der Waals surface area contributed by atoms with Gasteiger partial charge in [-0.15, -0.1) is 0 Å². The first kappa shape index (κ1) is 74.8. The van der Waals surface area contributed by atoms with Gasteiger partial charge in [-0.2, -0.15) is 0 Å². The Morgan fingerprint density at radius 3 is 1.23 bits per heavy atom. The molecule has 16 heteroatoms. The Morgan fingerprint density at radius 2 is 0.790 bits per heavy atom. The molecular formula is C65H120O16. The highest BCUT2D eigenvalue weighted by molar-refractivity contribution is 5.70. The zero-order valence-electron chi connectivity index (χ0n) is 51.3. The Balaban J connectivity index is 1.89. The van der Waals surface area contributed by atoms with Crippen LogP contribution in [0.2, 0.25) is 0 Å². The number of carbonyl (C=O) groups is 3. The number of hydrogen-bond donors (Lipinski definition) is 6. The van der Waals surface area contributed by atoms with Gasteiger partial charge in [0.1, 0.15) is 49.3 Å². The first-order valence-corrected chi connectivity index (χ1v) is 33.2. The molecule has 11 atom stereocenters. The van der Waals surface area contributed by atoms with Crippen molar-refractivity contribution in [3.05, 3.63) is 12.2 Å². The van der Waals surface area contributed by atoms with Crippen LogP contribution in [-0.4, -0.2) is 142 Å². The quantitative estimate of drug-likeness (QED) is 0.0144. The largest absolute Gasteiger partial charge is 0.462 e. The van der Waals surface area contributed by atoms with Gasteiger partial charge in [-0.05, 0) is 44.9 Å². The van der Waals surface area contributed by atoms with E-state index in [1.807, 2.05) is 0 Å². The standard InChI is InChI=1S/C65H120O16/c1-4-7-10-13-16-19-22-25-26-29-30-33-36-39-42-45-55(67)75-49-52(78-56(68)46-43-40-37-34-31-27-23-20-17-14-11-8-5-2)50-76-64-61(73)60(72)58(70)54(80-64)51-77-65-62(74)63(59(71)53(48-66)79-65)81-57(69)47-44-41-38-35-32-28-24-21-18-15-12-9-6-3/h25-26,52-54,58-66,70-74H,4-24,27-51H2,1-3H3/b26-25-/t52-,53-,54-,58+,59+,60+,61-,62-,63+,64-,65+/m1/s1. The fourth-order valence-electron chi connectivity index (χ4n) is 10.7. The highest BCUT2D eigenvalue weighted by Gasteiger charge is 2.49. The summed E-state index contributed by atoms with van der Waals surface area (Å²) in [5.74, 6) is -1.56. The highest BCUT2D eigenvalue weighted by atomic mass is 16.7. The fraction of sp³-hybridized carbons (Fsp3) is 0.923. The lowest BCUT2D eigenvalue weighted by atomic mass is 9.98. The van der Waals surface area contributed by atoms with E-state index in [0.717, 1.165) is 83.5 Å². The molecule has 0 bridgehead atoms. The predicted molar refractivity (Wildman–Crippen MR) is 317 cm³/mol. The van der Waals surface area contributed by atoms with Crippen LogP contribution in [0.4, 0.5) is 0 Å². The van der Waals surface area contributed by atoms with E-state index in [-0.39, 0.29) is 25.9 Å². The van der Waals surface area contributed by atoms with E-state index in [1.54, 1.807) is 0 Å². The van der Waals surface area contributed by atoms with Crippen molar-refractivity contribution in [3.63, 3.8) is 0 Å². The number of allylic oxidation sites excluding steroid dienone is 2. The van der Waals surface area contributed by atoms with Crippen molar-refractivity contribution in [2.24, 2.45) is 0 Å². The van der Waals surface area contributed by atoms with E-state index >= 15 is 0 Å². The first-order chi connectivity index (χ1) is 39.5. The van der Waals surface area contributed by atoms with Crippen molar-refractivity contribution in [1.82, 2.24) is 0 Å². The molecule has 0 aromatic heterocycles. The molecule has 2 aliphatic heterocycles. The maximum atomic E-state index is 13.2. The maximum Gasteiger partial charge on any atom is 0.306 e. The average Bonchev–Trinajstić information content (AvgIpc) is 3.48. The summed E-state index contributed by atoms with van der Waals surface area (Å²) in [6.45, 7) is 4.75. The summed E-state index contributed by atoms with van der Waals surface area (Å²) in [4.78, 5) is 39.0. The Kier molecular flexibility index (Phi) is 47.1. The van der Waals surface area contributed by atoms with Crippen LogP contribution in [0.1, 0.15) is 290 Å². The molecule has 0 aromatic carbocycles. The van der Waals surface area contributed by atoms with Crippen LogP contribution < -0.4 is 0 Å². The van der Waals surface area contributed by atoms with E-state index in [4.69, 9.17) is 33.2 Å². The molecule has 2 heterocycles. The van der Waals surface area contributed by atoms with Crippen LogP contribution in [0.15, 0.2) is 12.2 Å². The van der Waals surface area contributed by atoms with Gasteiger partial charge in [-0.25, -0.2) is 0 Å². The summed E-state index contributed by atoms with van der Waals surface area (Å²) in [6, 6.07) is 0. The van der Waals surface area contributed by atoms with Crippen LogP contribution in [0.25, 0.3) is 0 Å². The highest BCUT2D eigenvalue weighted by Crippen LogP contribution is 2.28. The van der Waals surface area contributed by atoms with Gasteiger partial charge < -0.3 is 63.8 Å². The van der Waals surface area contributed by atoms with E-state index in [2.05, 4.69) is 32.9 Å². The molecular weight excluding hydrogens is 1040 g/mol. The van der Waals surface area contributed by atoms with Crippen molar-refractivity contribution < 1.29 is 78.2 Å². The molecule has 2 rings (SSSR count).